The Hall–Kier alpha value is -3.24. The predicted molar refractivity (Wildman–Crippen MR) is 108 cm³/mol. The standard InChI is InChI=1S/C20H24F3N5O3/c1-26(2)17(29)11-27-9-7-13-10-14(5-6-15(13)27)25-19(31)28-8-3-4-16(28)18(30)24-12-20(21,22)23/h5-7,9-10,16H,3-4,8,11-12H2,1-2H3,(H,24,30)(H,25,31). The van der Waals surface area contributed by atoms with Crippen molar-refractivity contribution in [3.63, 3.8) is 0 Å². The summed E-state index contributed by atoms with van der Waals surface area (Å²) in [5.41, 5.74) is 1.30. The molecule has 0 aliphatic carbocycles. The Bertz CT molecular complexity index is 986. The molecule has 2 N–H and O–H groups in total. The van der Waals surface area contributed by atoms with E-state index in [0.717, 1.165) is 10.9 Å². The summed E-state index contributed by atoms with van der Waals surface area (Å²) >= 11 is 0. The number of aromatic nitrogens is 1. The zero-order chi connectivity index (χ0) is 22.8. The summed E-state index contributed by atoms with van der Waals surface area (Å²) in [5, 5.41) is 5.36. The van der Waals surface area contributed by atoms with Gasteiger partial charge in [-0.1, -0.05) is 0 Å². The molecule has 1 atom stereocenters. The van der Waals surface area contributed by atoms with Crippen LogP contribution in [0.4, 0.5) is 23.7 Å². The zero-order valence-electron chi connectivity index (χ0n) is 17.2. The van der Waals surface area contributed by atoms with Crippen LogP contribution in [0, 0.1) is 0 Å². The zero-order valence-corrected chi connectivity index (χ0v) is 17.2. The van der Waals surface area contributed by atoms with Crippen LogP contribution >= 0.6 is 0 Å². The molecular formula is C20H24F3N5O3. The van der Waals surface area contributed by atoms with Crippen LogP contribution in [-0.4, -0.2) is 71.6 Å². The molecule has 1 aromatic heterocycles. The Kier molecular flexibility index (Phi) is 6.42. The molecule has 2 aromatic rings. The quantitative estimate of drug-likeness (QED) is 0.750. The molecule has 1 aliphatic heterocycles. The van der Waals surface area contributed by atoms with Crippen molar-refractivity contribution in [2.24, 2.45) is 0 Å². The monoisotopic (exact) mass is 439 g/mol. The third kappa shape index (κ3) is 5.47. The SMILES string of the molecule is CN(C)C(=O)Cn1ccc2cc(NC(=O)N3CCCC3C(=O)NCC(F)(F)F)ccc21. The van der Waals surface area contributed by atoms with Crippen LogP contribution in [0.15, 0.2) is 30.5 Å². The van der Waals surface area contributed by atoms with Crippen LogP contribution in [0.2, 0.25) is 0 Å². The summed E-state index contributed by atoms with van der Waals surface area (Å²) in [7, 11) is 3.35. The maximum atomic E-state index is 12.6. The van der Waals surface area contributed by atoms with Crippen molar-refractivity contribution in [2.75, 3.05) is 32.5 Å². The second kappa shape index (κ2) is 8.86. The number of benzene rings is 1. The van der Waals surface area contributed by atoms with E-state index >= 15 is 0 Å². The van der Waals surface area contributed by atoms with Crippen molar-refractivity contribution < 1.29 is 27.6 Å². The number of alkyl halides is 3. The van der Waals surface area contributed by atoms with Gasteiger partial charge in [0.1, 0.15) is 19.1 Å². The first-order valence-corrected chi connectivity index (χ1v) is 9.76. The van der Waals surface area contributed by atoms with Gasteiger partial charge in [-0.2, -0.15) is 13.2 Å². The van der Waals surface area contributed by atoms with Crippen molar-refractivity contribution in [1.29, 1.82) is 0 Å². The van der Waals surface area contributed by atoms with Crippen LogP contribution < -0.4 is 10.6 Å². The highest BCUT2D eigenvalue weighted by atomic mass is 19.4. The number of nitrogens with zero attached hydrogens (tertiary/aromatic N) is 3. The summed E-state index contributed by atoms with van der Waals surface area (Å²) in [6.45, 7) is -0.965. The molecule has 1 aliphatic rings. The second-order valence-corrected chi connectivity index (χ2v) is 7.62. The minimum Gasteiger partial charge on any atom is -0.347 e. The number of fused-ring (bicyclic) bond motifs is 1. The van der Waals surface area contributed by atoms with E-state index in [9.17, 15) is 27.6 Å². The lowest BCUT2D eigenvalue weighted by atomic mass is 10.2. The van der Waals surface area contributed by atoms with Gasteiger partial charge in [0.05, 0.1) is 0 Å². The molecule has 0 spiro atoms. The number of amides is 4. The molecule has 1 aromatic carbocycles. The van der Waals surface area contributed by atoms with Gasteiger partial charge in [-0.3, -0.25) is 9.59 Å². The van der Waals surface area contributed by atoms with Gasteiger partial charge in [0.2, 0.25) is 11.8 Å². The normalized spacial score (nSPS) is 16.4. The second-order valence-electron chi connectivity index (χ2n) is 7.62. The molecule has 0 bridgehead atoms. The fourth-order valence-corrected chi connectivity index (χ4v) is 3.49. The van der Waals surface area contributed by atoms with E-state index in [1.54, 1.807) is 43.1 Å². The number of hydrogen-bond donors (Lipinski definition) is 2. The van der Waals surface area contributed by atoms with Crippen molar-refractivity contribution in [3.05, 3.63) is 30.5 Å². The molecule has 1 fully saturated rings. The summed E-state index contributed by atoms with van der Waals surface area (Å²) in [6, 6.07) is 5.50. The molecule has 1 saturated heterocycles. The van der Waals surface area contributed by atoms with Gasteiger partial charge in [0.25, 0.3) is 0 Å². The number of likely N-dealkylation sites (N-methyl/N-ethyl adjacent to an activating group) is 1. The number of nitrogens with one attached hydrogen (secondary N) is 2. The highest BCUT2D eigenvalue weighted by molar-refractivity contribution is 5.96. The topological polar surface area (TPSA) is 86.7 Å². The Morgan fingerprint density at radius 3 is 2.61 bits per heavy atom. The smallest absolute Gasteiger partial charge is 0.347 e. The van der Waals surface area contributed by atoms with Crippen LogP contribution in [0.1, 0.15) is 12.8 Å². The average Bonchev–Trinajstić information content (AvgIpc) is 3.33. The molecule has 8 nitrogen and oxygen atoms in total. The minimum absolute atomic E-state index is 0.0567. The Labute approximate surface area is 177 Å². The van der Waals surface area contributed by atoms with E-state index in [1.807, 2.05) is 11.4 Å². The summed E-state index contributed by atoms with van der Waals surface area (Å²) in [6.07, 6.45) is -1.90. The lowest BCUT2D eigenvalue weighted by Gasteiger charge is -2.24. The van der Waals surface area contributed by atoms with Crippen LogP contribution in [0.5, 0.6) is 0 Å². The van der Waals surface area contributed by atoms with E-state index < -0.39 is 30.7 Å². The first-order valence-electron chi connectivity index (χ1n) is 9.76. The molecule has 3 rings (SSSR count). The highest BCUT2D eigenvalue weighted by Crippen LogP contribution is 2.23. The average molecular weight is 439 g/mol. The fourth-order valence-electron chi connectivity index (χ4n) is 3.49. The number of carbonyl (C=O) groups is 3. The van der Waals surface area contributed by atoms with Gasteiger partial charge in [-0.25, -0.2) is 4.79 Å². The molecular weight excluding hydrogens is 415 g/mol. The number of halogens is 3. The molecule has 0 radical (unpaired) electrons. The van der Waals surface area contributed by atoms with Crippen molar-refractivity contribution in [2.45, 2.75) is 31.6 Å². The summed E-state index contributed by atoms with van der Waals surface area (Å²) in [5.74, 6) is -0.873. The number of rotatable bonds is 5. The largest absolute Gasteiger partial charge is 0.405 e. The van der Waals surface area contributed by atoms with Crippen molar-refractivity contribution >= 4 is 34.4 Å². The maximum Gasteiger partial charge on any atom is 0.405 e. The lowest BCUT2D eigenvalue weighted by Crippen LogP contribution is -2.49. The third-order valence-electron chi connectivity index (χ3n) is 5.11. The van der Waals surface area contributed by atoms with E-state index in [-0.39, 0.29) is 19.0 Å². The minimum atomic E-state index is -4.51. The van der Waals surface area contributed by atoms with Crippen LogP contribution in [-0.2, 0) is 16.1 Å². The molecule has 4 amide bonds. The van der Waals surface area contributed by atoms with E-state index in [2.05, 4.69) is 5.32 Å². The first kappa shape index (κ1) is 22.4. The van der Waals surface area contributed by atoms with Crippen LogP contribution in [0.3, 0.4) is 0 Å². The third-order valence-corrected chi connectivity index (χ3v) is 5.11. The molecule has 0 saturated carbocycles. The number of urea groups is 1. The van der Waals surface area contributed by atoms with Gasteiger partial charge < -0.3 is 25.0 Å². The van der Waals surface area contributed by atoms with E-state index in [0.29, 0.717) is 18.5 Å². The van der Waals surface area contributed by atoms with Crippen molar-refractivity contribution in [3.8, 4) is 0 Å². The van der Waals surface area contributed by atoms with Gasteiger partial charge in [0, 0.05) is 43.4 Å². The number of anilines is 1. The van der Waals surface area contributed by atoms with Gasteiger partial charge in [-0.05, 0) is 37.1 Å². The number of hydrogen-bond acceptors (Lipinski definition) is 3. The molecule has 31 heavy (non-hydrogen) atoms. The molecule has 168 valence electrons. The summed E-state index contributed by atoms with van der Waals surface area (Å²) in [4.78, 5) is 39.4. The Morgan fingerprint density at radius 2 is 1.94 bits per heavy atom. The van der Waals surface area contributed by atoms with Crippen LogP contribution in [0.25, 0.3) is 10.9 Å². The maximum absolute atomic E-state index is 12.6. The van der Waals surface area contributed by atoms with Gasteiger partial charge in [0.15, 0.2) is 0 Å². The molecule has 1 unspecified atom stereocenters. The van der Waals surface area contributed by atoms with Gasteiger partial charge in [-0.15, -0.1) is 0 Å². The van der Waals surface area contributed by atoms with Crippen molar-refractivity contribution in [1.82, 2.24) is 19.7 Å². The Balaban J connectivity index is 1.66. The van der Waals surface area contributed by atoms with Gasteiger partial charge >= 0.3 is 12.2 Å². The summed E-state index contributed by atoms with van der Waals surface area (Å²) < 4.78 is 38.9. The van der Waals surface area contributed by atoms with E-state index in [1.165, 1.54) is 9.80 Å². The first-order chi connectivity index (χ1) is 14.5. The van der Waals surface area contributed by atoms with E-state index in [4.69, 9.17) is 0 Å². The highest BCUT2D eigenvalue weighted by Gasteiger charge is 2.36. The molecule has 11 heteroatoms. The molecule has 2 heterocycles. The lowest BCUT2D eigenvalue weighted by molar-refractivity contribution is -0.140. The predicted octanol–water partition coefficient (Wildman–Crippen LogP) is 2.40. The number of carbonyl (C=O) groups excluding carboxylic acids is 3. The number of likely N-dealkylation sites (tertiary alicyclic amines) is 1. The Morgan fingerprint density at radius 1 is 1.19 bits per heavy atom. The fraction of sp³-hybridized carbons (Fsp3) is 0.450.